The summed E-state index contributed by atoms with van der Waals surface area (Å²) in [6.07, 6.45) is 1.63. The third-order valence-corrected chi connectivity index (χ3v) is 7.77. The van der Waals surface area contributed by atoms with Gasteiger partial charge in [0.05, 0.1) is 16.2 Å². The van der Waals surface area contributed by atoms with Gasteiger partial charge in [0.1, 0.15) is 23.2 Å². The molecule has 0 radical (unpaired) electrons. The molecule has 4 rings (SSSR count). The van der Waals surface area contributed by atoms with Crippen molar-refractivity contribution in [1.29, 1.82) is 0 Å². The number of nitrogens with zero attached hydrogens (tertiary/aromatic N) is 2. The fraction of sp³-hybridized carbons (Fsp3) is 0.238. The first-order valence-electron chi connectivity index (χ1n) is 9.62. The molecule has 0 aliphatic carbocycles. The number of ether oxygens (including phenoxy) is 1. The van der Waals surface area contributed by atoms with Crippen molar-refractivity contribution in [1.82, 2.24) is 9.29 Å². The van der Waals surface area contributed by atoms with Crippen LogP contribution in [0, 0.1) is 5.82 Å². The van der Waals surface area contributed by atoms with E-state index in [2.05, 4.69) is 4.98 Å². The number of primary amides is 1. The van der Waals surface area contributed by atoms with Crippen LogP contribution in [0.1, 0.15) is 28.9 Å². The average Bonchev–Trinajstić information content (AvgIpc) is 3.45. The van der Waals surface area contributed by atoms with Crippen LogP contribution >= 0.6 is 11.3 Å². The second-order valence-corrected chi connectivity index (χ2v) is 9.87. The number of hydrogen-bond donors (Lipinski definition) is 1. The molecule has 31 heavy (non-hydrogen) atoms. The lowest BCUT2D eigenvalue weighted by Gasteiger charge is -2.17. The first-order valence-corrected chi connectivity index (χ1v) is 11.9. The van der Waals surface area contributed by atoms with E-state index >= 15 is 0 Å². The highest BCUT2D eigenvalue weighted by Gasteiger charge is 2.28. The molecule has 1 saturated heterocycles. The quantitative estimate of drug-likeness (QED) is 0.581. The fourth-order valence-corrected chi connectivity index (χ4v) is 5.67. The number of thiazole rings is 1. The lowest BCUT2D eigenvalue weighted by molar-refractivity contribution is 0.0995. The van der Waals surface area contributed by atoms with Crippen molar-refractivity contribution in [2.75, 3.05) is 13.1 Å². The van der Waals surface area contributed by atoms with E-state index in [9.17, 15) is 17.6 Å². The Hall–Kier alpha value is -2.82. The molecule has 2 heterocycles. The van der Waals surface area contributed by atoms with Gasteiger partial charge in [-0.2, -0.15) is 4.31 Å². The molecule has 162 valence electrons. The van der Waals surface area contributed by atoms with E-state index in [4.69, 9.17) is 10.5 Å². The average molecular weight is 462 g/mol. The van der Waals surface area contributed by atoms with Gasteiger partial charge < -0.3 is 10.5 Å². The summed E-state index contributed by atoms with van der Waals surface area (Å²) in [4.78, 5) is 16.4. The zero-order chi connectivity index (χ0) is 22.0. The number of amides is 1. The van der Waals surface area contributed by atoms with E-state index in [0.717, 1.165) is 18.4 Å². The molecule has 1 amide bonds. The molecule has 0 unspecified atom stereocenters. The van der Waals surface area contributed by atoms with Gasteiger partial charge >= 0.3 is 0 Å². The lowest BCUT2D eigenvalue weighted by Crippen LogP contribution is -2.28. The maximum absolute atomic E-state index is 13.1. The van der Waals surface area contributed by atoms with Gasteiger partial charge in [0, 0.05) is 24.0 Å². The maximum Gasteiger partial charge on any atom is 0.252 e. The van der Waals surface area contributed by atoms with E-state index in [1.165, 1.54) is 46.0 Å². The summed E-state index contributed by atoms with van der Waals surface area (Å²) in [6.45, 7) is 0.996. The number of aromatic nitrogens is 1. The van der Waals surface area contributed by atoms with Crippen LogP contribution in [-0.4, -0.2) is 36.7 Å². The number of rotatable bonds is 7. The Kier molecular flexibility index (Phi) is 6.03. The SMILES string of the molecule is NC(=O)c1cc(S(=O)(=O)N2CCCC2)ccc1OCc1csc(-c2ccc(F)cc2)n1. The number of carbonyl (C=O) groups is 1. The van der Waals surface area contributed by atoms with Crippen molar-refractivity contribution in [3.63, 3.8) is 0 Å². The third-order valence-electron chi connectivity index (χ3n) is 4.94. The largest absolute Gasteiger partial charge is 0.486 e. The minimum Gasteiger partial charge on any atom is -0.486 e. The van der Waals surface area contributed by atoms with E-state index < -0.39 is 15.9 Å². The van der Waals surface area contributed by atoms with Crippen LogP contribution in [0.15, 0.2) is 52.7 Å². The number of sulfonamides is 1. The molecule has 0 spiro atoms. The number of carbonyl (C=O) groups excluding carboxylic acids is 1. The van der Waals surface area contributed by atoms with Crippen molar-refractivity contribution < 1.29 is 22.3 Å². The summed E-state index contributed by atoms with van der Waals surface area (Å²) in [6, 6.07) is 10.1. The summed E-state index contributed by atoms with van der Waals surface area (Å²) in [7, 11) is -3.68. The highest BCUT2D eigenvalue weighted by atomic mass is 32.2. The molecule has 10 heteroatoms. The van der Waals surface area contributed by atoms with Crippen molar-refractivity contribution in [2.45, 2.75) is 24.3 Å². The minimum absolute atomic E-state index is 0.00532. The highest BCUT2D eigenvalue weighted by Crippen LogP contribution is 2.28. The van der Waals surface area contributed by atoms with Gasteiger partial charge in [-0.1, -0.05) is 0 Å². The van der Waals surface area contributed by atoms with Gasteiger partial charge in [-0.15, -0.1) is 11.3 Å². The smallest absolute Gasteiger partial charge is 0.252 e. The van der Waals surface area contributed by atoms with E-state index in [-0.39, 0.29) is 28.6 Å². The summed E-state index contributed by atoms with van der Waals surface area (Å²) in [5, 5.41) is 2.51. The predicted octanol–water partition coefficient (Wildman–Crippen LogP) is 3.41. The summed E-state index contributed by atoms with van der Waals surface area (Å²) in [5.41, 5.74) is 6.87. The van der Waals surface area contributed by atoms with E-state index in [0.29, 0.717) is 23.8 Å². The van der Waals surface area contributed by atoms with Crippen LogP contribution in [-0.2, 0) is 16.6 Å². The molecule has 3 aromatic rings. The topological polar surface area (TPSA) is 103 Å². The van der Waals surface area contributed by atoms with Crippen LogP contribution in [0.5, 0.6) is 5.75 Å². The van der Waals surface area contributed by atoms with Crippen LogP contribution in [0.3, 0.4) is 0 Å². The second kappa shape index (κ2) is 8.74. The van der Waals surface area contributed by atoms with Gasteiger partial charge in [0.2, 0.25) is 10.0 Å². The van der Waals surface area contributed by atoms with E-state index in [1.54, 1.807) is 17.5 Å². The molecule has 2 aromatic carbocycles. The monoisotopic (exact) mass is 461 g/mol. The molecule has 1 aliphatic rings. The van der Waals surface area contributed by atoms with Crippen LogP contribution in [0.2, 0.25) is 0 Å². The molecular formula is C21H20FN3O4S2. The number of benzene rings is 2. The summed E-state index contributed by atoms with van der Waals surface area (Å²) >= 11 is 1.38. The molecular weight excluding hydrogens is 441 g/mol. The van der Waals surface area contributed by atoms with Crippen LogP contribution < -0.4 is 10.5 Å². The Morgan fingerprint density at radius 1 is 1.16 bits per heavy atom. The summed E-state index contributed by atoms with van der Waals surface area (Å²) in [5.74, 6) is -0.916. The third kappa shape index (κ3) is 4.60. The lowest BCUT2D eigenvalue weighted by atomic mass is 10.2. The predicted molar refractivity (Wildman–Crippen MR) is 115 cm³/mol. The molecule has 2 N–H and O–H groups in total. The Labute approximate surface area is 183 Å². The Morgan fingerprint density at radius 3 is 2.55 bits per heavy atom. The number of halogens is 1. The van der Waals surface area contributed by atoms with Crippen molar-refractivity contribution in [3.8, 4) is 16.3 Å². The first kappa shape index (κ1) is 21.4. The molecule has 1 aromatic heterocycles. The van der Waals surface area contributed by atoms with Crippen LogP contribution in [0.25, 0.3) is 10.6 Å². The highest BCUT2D eigenvalue weighted by molar-refractivity contribution is 7.89. The van der Waals surface area contributed by atoms with Gasteiger partial charge in [-0.3, -0.25) is 4.79 Å². The van der Waals surface area contributed by atoms with Crippen LogP contribution in [0.4, 0.5) is 4.39 Å². The Bertz CT molecular complexity index is 1200. The van der Waals surface area contributed by atoms with Gasteiger partial charge in [-0.25, -0.2) is 17.8 Å². The standard InChI is InChI=1S/C21H20FN3O4S2/c22-15-5-3-14(4-6-15)21-24-16(13-30-21)12-29-19-8-7-17(11-18(19)20(23)26)31(27,28)25-9-1-2-10-25/h3-8,11,13H,1-2,9-10,12H2,(H2,23,26). The summed E-state index contributed by atoms with van der Waals surface area (Å²) < 4.78 is 45.7. The van der Waals surface area contributed by atoms with Crippen molar-refractivity contribution in [3.05, 3.63) is 64.9 Å². The van der Waals surface area contributed by atoms with Crippen molar-refractivity contribution >= 4 is 27.3 Å². The number of nitrogens with two attached hydrogens (primary N) is 1. The fourth-order valence-electron chi connectivity index (χ4n) is 3.32. The minimum atomic E-state index is -3.68. The Balaban J connectivity index is 1.52. The zero-order valence-electron chi connectivity index (χ0n) is 16.5. The second-order valence-electron chi connectivity index (χ2n) is 7.07. The first-order chi connectivity index (χ1) is 14.8. The molecule has 0 bridgehead atoms. The van der Waals surface area contributed by atoms with Crippen molar-refractivity contribution in [2.24, 2.45) is 5.73 Å². The van der Waals surface area contributed by atoms with Gasteiger partial charge in [-0.05, 0) is 55.3 Å². The Morgan fingerprint density at radius 2 is 1.87 bits per heavy atom. The molecule has 0 atom stereocenters. The van der Waals surface area contributed by atoms with Gasteiger partial charge in [0.15, 0.2) is 0 Å². The van der Waals surface area contributed by atoms with E-state index in [1.807, 2.05) is 0 Å². The molecule has 0 saturated carbocycles. The van der Waals surface area contributed by atoms with Gasteiger partial charge in [0.25, 0.3) is 5.91 Å². The molecule has 1 fully saturated rings. The maximum atomic E-state index is 13.1. The molecule has 7 nitrogen and oxygen atoms in total. The zero-order valence-corrected chi connectivity index (χ0v) is 18.1. The normalized spacial score (nSPS) is 14.6. The number of hydrogen-bond acceptors (Lipinski definition) is 6. The molecule has 1 aliphatic heterocycles.